The third kappa shape index (κ3) is 5.29. The van der Waals surface area contributed by atoms with Crippen molar-refractivity contribution in [3.8, 4) is 0 Å². The van der Waals surface area contributed by atoms with E-state index in [4.69, 9.17) is 4.74 Å². The molecule has 1 unspecified atom stereocenters. The molecule has 0 aliphatic carbocycles. The molecule has 0 spiro atoms. The van der Waals surface area contributed by atoms with Crippen LogP contribution in [0.2, 0.25) is 0 Å². The first kappa shape index (κ1) is 20.4. The molecule has 0 N–H and O–H groups in total. The number of nitro groups is 1. The Kier molecular flexibility index (Phi) is 9.40. The minimum Gasteiger partial charge on any atom is -0.465 e. The monoisotopic (exact) mass is 328 g/mol. The molecule has 0 heterocycles. The molecule has 0 radical (unpaired) electrons. The maximum atomic E-state index is 12.4. The van der Waals surface area contributed by atoms with E-state index in [0.717, 1.165) is 12.2 Å². The van der Waals surface area contributed by atoms with Crippen LogP contribution in [0.25, 0.3) is 0 Å². The molecule has 0 saturated heterocycles. The van der Waals surface area contributed by atoms with Crippen LogP contribution in [0.4, 0.5) is 0 Å². The highest BCUT2D eigenvalue weighted by molar-refractivity contribution is 7.98. The van der Waals surface area contributed by atoms with E-state index in [0.29, 0.717) is 6.42 Å². The fourth-order valence-corrected chi connectivity index (χ4v) is 2.53. The van der Waals surface area contributed by atoms with Gasteiger partial charge in [0.05, 0.1) is 11.5 Å². The summed E-state index contributed by atoms with van der Waals surface area (Å²) in [7, 11) is 0. The molecule has 0 aromatic rings. The summed E-state index contributed by atoms with van der Waals surface area (Å²) in [6.07, 6.45) is 5.96. The van der Waals surface area contributed by atoms with E-state index >= 15 is 0 Å². The fraction of sp³-hybridized carbons (Fsp3) is 0.600. The first-order valence-electron chi connectivity index (χ1n) is 7.03. The summed E-state index contributed by atoms with van der Waals surface area (Å²) in [5.74, 6) is 0.332. The normalized spacial score (nSPS) is 15.1. The van der Waals surface area contributed by atoms with E-state index in [1.165, 1.54) is 12.2 Å². The highest BCUT2D eigenvalue weighted by atomic mass is 32.2. The lowest BCUT2D eigenvalue weighted by Crippen LogP contribution is -2.33. The van der Waals surface area contributed by atoms with Crippen LogP contribution in [0.1, 0.15) is 33.6 Å². The summed E-state index contributed by atoms with van der Waals surface area (Å²) >= 11 is 1.65. The minimum absolute atomic E-state index is 0.0511. The van der Waals surface area contributed by atoms with Crippen LogP contribution >= 0.6 is 11.8 Å². The Bertz CT molecular complexity index is 474. The molecule has 124 valence electrons. The van der Waals surface area contributed by atoms with Gasteiger partial charge in [0, 0.05) is 6.08 Å². The Morgan fingerprint density at radius 3 is 2.59 bits per heavy atom. The third-order valence-electron chi connectivity index (χ3n) is 3.20. The number of ether oxygens (including phenoxy) is 1. The minimum atomic E-state index is -1.19. The molecule has 0 aromatic carbocycles. The van der Waals surface area contributed by atoms with Crippen molar-refractivity contribution in [2.75, 3.05) is 18.6 Å². The quantitative estimate of drug-likeness (QED) is 0.153. The number of aliphatic imine (C=N–C) groups is 1. The van der Waals surface area contributed by atoms with Crippen molar-refractivity contribution >= 4 is 24.4 Å². The van der Waals surface area contributed by atoms with Gasteiger partial charge in [-0.15, -0.1) is 0 Å². The van der Waals surface area contributed by atoms with Crippen molar-refractivity contribution in [2.24, 2.45) is 10.4 Å². The maximum absolute atomic E-state index is 12.4. The number of hydrogen-bond acceptors (Lipinski definition) is 6. The Hall–Kier alpha value is -1.63. The van der Waals surface area contributed by atoms with E-state index in [1.54, 1.807) is 32.5 Å². The van der Waals surface area contributed by atoms with Crippen LogP contribution in [0.5, 0.6) is 0 Å². The van der Waals surface area contributed by atoms with Gasteiger partial charge >= 0.3 is 5.97 Å². The summed E-state index contributed by atoms with van der Waals surface area (Å²) in [6.45, 7) is 8.62. The van der Waals surface area contributed by atoms with E-state index in [2.05, 4.69) is 11.7 Å². The first-order valence-corrected chi connectivity index (χ1v) is 8.43. The molecule has 0 saturated carbocycles. The van der Waals surface area contributed by atoms with Crippen LogP contribution in [0.15, 0.2) is 28.5 Å². The smallest absolute Gasteiger partial charge is 0.318 e. The van der Waals surface area contributed by atoms with E-state index < -0.39 is 16.3 Å². The Balaban J connectivity index is 5.97. The third-order valence-corrected chi connectivity index (χ3v) is 3.89. The van der Waals surface area contributed by atoms with Gasteiger partial charge in [0.1, 0.15) is 11.1 Å². The molecular formula is C15H24N2O4S. The van der Waals surface area contributed by atoms with Crippen LogP contribution in [0, 0.1) is 15.5 Å². The van der Waals surface area contributed by atoms with Crippen molar-refractivity contribution in [1.29, 1.82) is 0 Å². The maximum Gasteiger partial charge on any atom is 0.318 e. The summed E-state index contributed by atoms with van der Waals surface area (Å²) in [5.41, 5.74) is -1.36. The van der Waals surface area contributed by atoms with Gasteiger partial charge in [-0.2, -0.15) is 11.8 Å². The molecule has 0 aromatic heterocycles. The predicted octanol–water partition coefficient (Wildman–Crippen LogP) is 3.46. The second-order valence-electron chi connectivity index (χ2n) is 4.80. The highest BCUT2D eigenvalue weighted by Gasteiger charge is 2.42. The number of carbonyl (C=O) groups excluding carboxylic acids is 1. The van der Waals surface area contributed by atoms with Crippen molar-refractivity contribution in [2.45, 2.75) is 33.6 Å². The van der Waals surface area contributed by atoms with Crippen LogP contribution in [-0.2, 0) is 9.53 Å². The summed E-state index contributed by atoms with van der Waals surface area (Å²) in [6, 6.07) is 0. The molecule has 6 nitrogen and oxygen atoms in total. The number of thioether (sulfide) groups is 1. The predicted molar refractivity (Wildman–Crippen MR) is 90.7 cm³/mol. The second-order valence-corrected chi connectivity index (χ2v) is 5.78. The SMILES string of the molecule is C=N/C(=C(\C=C/C)[N+](=O)[O-])C(C)(CCCSC)C(=O)OCC. The van der Waals surface area contributed by atoms with Crippen LogP contribution in [-0.4, -0.2) is 36.2 Å². The molecule has 22 heavy (non-hydrogen) atoms. The molecule has 0 fully saturated rings. The fourth-order valence-electron chi connectivity index (χ4n) is 2.10. The summed E-state index contributed by atoms with van der Waals surface area (Å²) in [5, 5.41) is 11.3. The average molecular weight is 328 g/mol. The number of esters is 1. The van der Waals surface area contributed by atoms with Gasteiger partial charge in [-0.3, -0.25) is 19.9 Å². The molecule has 0 aliphatic heterocycles. The zero-order valence-corrected chi connectivity index (χ0v) is 14.4. The summed E-state index contributed by atoms with van der Waals surface area (Å²) < 4.78 is 5.11. The highest BCUT2D eigenvalue weighted by Crippen LogP contribution is 2.37. The van der Waals surface area contributed by atoms with Gasteiger partial charge in [-0.1, -0.05) is 6.08 Å². The topological polar surface area (TPSA) is 81.8 Å². The number of allylic oxidation sites excluding steroid dienone is 2. The number of carbonyl (C=O) groups is 1. The van der Waals surface area contributed by atoms with Gasteiger partial charge in [0.25, 0.3) is 5.70 Å². The zero-order valence-electron chi connectivity index (χ0n) is 13.6. The van der Waals surface area contributed by atoms with E-state index in [-0.39, 0.29) is 18.0 Å². The summed E-state index contributed by atoms with van der Waals surface area (Å²) in [4.78, 5) is 27.0. The zero-order chi connectivity index (χ0) is 17.2. The average Bonchev–Trinajstić information content (AvgIpc) is 2.47. The van der Waals surface area contributed by atoms with Crippen LogP contribution in [0.3, 0.4) is 0 Å². The Morgan fingerprint density at radius 1 is 1.55 bits per heavy atom. The molecule has 0 amide bonds. The van der Waals surface area contributed by atoms with Gasteiger partial charge in [-0.25, -0.2) is 0 Å². The van der Waals surface area contributed by atoms with E-state index in [1.807, 2.05) is 6.26 Å². The molecule has 0 bridgehead atoms. The lowest BCUT2D eigenvalue weighted by molar-refractivity contribution is -0.421. The Morgan fingerprint density at radius 2 is 2.18 bits per heavy atom. The van der Waals surface area contributed by atoms with Gasteiger partial charge in [-0.05, 0) is 52.3 Å². The lowest BCUT2D eigenvalue weighted by Gasteiger charge is -2.27. The standard InChI is InChI=1S/C15H24N2O4S/c1-6-9-12(17(19)20)13(16-4)15(3,10-8-11-22-5)14(18)21-7-2/h6,9H,4,7-8,10-11H2,1-3,5H3/b9-6-,13-12+. The van der Waals surface area contributed by atoms with Crippen LogP contribution < -0.4 is 0 Å². The van der Waals surface area contributed by atoms with Crippen molar-refractivity contribution in [3.63, 3.8) is 0 Å². The number of rotatable bonds is 10. The Labute approximate surface area is 135 Å². The molecule has 1 atom stereocenters. The van der Waals surface area contributed by atoms with Crippen molar-refractivity contribution in [1.82, 2.24) is 0 Å². The van der Waals surface area contributed by atoms with Gasteiger partial charge in [0.2, 0.25) is 0 Å². The lowest BCUT2D eigenvalue weighted by atomic mass is 9.81. The van der Waals surface area contributed by atoms with E-state index in [9.17, 15) is 14.9 Å². The molecule has 7 heteroatoms. The molecular weight excluding hydrogens is 304 g/mol. The molecule has 0 aliphatic rings. The molecule has 0 rings (SSSR count). The number of hydrogen-bond donors (Lipinski definition) is 0. The van der Waals surface area contributed by atoms with Crippen molar-refractivity contribution in [3.05, 3.63) is 33.7 Å². The number of nitrogens with zero attached hydrogens (tertiary/aromatic N) is 2. The first-order chi connectivity index (χ1) is 10.4. The van der Waals surface area contributed by atoms with Crippen molar-refractivity contribution < 1.29 is 14.5 Å². The largest absolute Gasteiger partial charge is 0.465 e. The van der Waals surface area contributed by atoms with Gasteiger partial charge in [0.15, 0.2) is 0 Å². The van der Waals surface area contributed by atoms with Gasteiger partial charge < -0.3 is 4.74 Å². The second kappa shape index (κ2) is 10.2.